The molecular formula is C34H30N4O5S. The fraction of sp³-hybridized carbons (Fsp3) is 0.0882. The summed E-state index contributed by atoms with van der Waals surface area (Å²) in [7, 11) is 3.08. The zero-order valence-electron chi connectivity index (χ0n) is 24.0. The second-order valence-electron chi connectivity index (χ2n) is 9.55. The zero-order valence-corrected chi connectivity index (χ0v) is 24.9. The molecule has 0 spiro atoms. The van der Waals surface area contributed by atoms with E-state index in [1.165, 1.54) is 18.9 Å². The molecule has 0 aliphatic rings. The van der Waals surface area contributed by atoms with Gasteiger partial charge in [-0.1, -0.05) is 36.4 Å². The minimum Gasteiger partial charge on any atom is -0.493 e. The number of aromatic nitrogens is 1. The smallest absolute Gasteiger partial charge is 0.272 e. The summed E-state index contributed by atoms with van der Waals surface area (Å²) in [6, 6.07) is 28.7. The number of H-pyrrole nitrogens is 1. The van der Waals surface area contributed by atoms with Crippen molar-refractivity contribution in [1.82, 2.24) is 10.3 Å². The highest BCUT2D eigenvalue weighted by Gasteiger charge is 2.16. The highest BCUT2D eigenvalue weighted by Crippen LogP contribution is 2.30. The Morgan fingerprint density at radius 1 is 0.795 bits per heavy atom. The summed E-state index contributed by atoms with van der Waals surface area (Å²) >= 11 is 1.36. The van der Waals surface area contributed by atoms with Gasteiger partial charge in [0.05, 0.1) is 20.0 Å². The third-order valence-electron chi connectivity index (χ3n) is 6.60. The number of fused-ring (bicyclic) bond motifs is 1. The van der Waals surface area contributed by atoms with Crippen molar-refractivity contribution in [2.45, 2.75) is 4.90 Å². The number of methoxy groups -OCH3 is 2. The van der Waals surface area contributed by atoms with E-state index in [-0.39, 0.29) is 17.4 Å². The maximum Gasteiger partial charge on any atom is 0.272 e. The molecule has 0 bridgehead atoms. The number of carbonyl (C=O) groups excluding carboxylic acids is 3. The van der Waals surface area contributed by atoms with Gasteiger partial charge in [0.2, 0.25) is 5.91 Å². The molecule has 1 heterocycles. The topological polar surface area (TPSA) is 122 Å². The molecule has 0 unspecified atom stereocenters. The van der Waals surface area contributed by atoms with E-state index in [0.29, 0.717) is 28.4 Å². The third-order valence-corrected chi connectivity index (χ3v) is 7.61. The number of aromatic amines is 1. The van der Waals surface area contributed by atoms with E-state index in [1.807, 2.05) is 42.5 Å². The number of thioether (sulfide) groups is 1. The molecule has 9 nitrogen and oxygen atoms in total. The first-order chi connectivity index (χ1) is 21.4. The lowest BCUT2D eigenvalue weighted by molar-refractivity contribution is -0.114. The lowest BCUT2D eigenvalue weighted by Crippen LogP contribution is -2.30. The number of ether oxygens (including phenoxy) is 2. The second-order valence-corrected chi connectivity index (χ2v) is 10.6. The van der Waals surface area contributed by atoms with Gasteiger partial charge in [-0.3, -0.25) is 14.4 Å². The lowest BCUT2D eigenvalue weighted by Gasteiger charge is -2.12. The quantitative estimate of drug-likeness (QED) is 0.103. The Balaban J connectivity index is 1.24. The van der Waals surface area contributed by atoms with Crippen molar-refractivity contribution in [3.05, 3.63) is 120 Å². The van der Waals surface area contributed by atoms with Gasteiger partial charge < -0.3 is 30.4 Å². The van der Waals surface area contributed by atoms with Gasteiger partial charge in [-0.05, 0) is 60.7 Å². The molecule has 0 aliphatic heterocycles. The molecule has 0 saturated heterocycles. The molecule has 0 aliphatic carbocycles. The van der Waals surface area contributed by atoms with Gasteiger partial charge >= 0.3 is 0 Å². The van der Waals surface area contributed by atoms with E-state index < -0.39 is 11.8 Å². The molecule has 3 amide bonds. The number of para-hydroxylation sites is 1. The third kappa shape index (κ3) is 7.47. The summed E-state index contributed by atoms with van der Waals surface area (Å²) in [5.74, 6) is 0.226. The van der Waals surface area contributed by atoms with E-state index in [0.717, 1.165) is 21.4 Å². The maximum atomic E-state index is 13.4. The molecule has 0 radical (unpaired) electrons. The molecule has 4 N–H and O–H groups in total. The first-order valence-electron chi connectivity index (χ1n) is 13.6. The fourth-order valence-corrected chi connectivity index (χ4v) is 5.10. The van der Waals surface area contributed by atoms with Crippen LogP contribution in [0, 0.1) is 0 Å². The van der Waals surface area contributed by atoms with Crippen LogP contribution in [0.5, 0.6) is 11.5 Å². The van der Waals surface area contributed by atoms with Crippen molar-refractivity contribution in [1.29, 1.82) is 0 Å². The van der Waals surface area contributed by atoms with Gasteiger partial charge in [0.1, 0.15) is 5.70 Å². The van der Waals surface area contributed by atoms with Gasteiger partial charge in [-0.15, -0.1) is 11.8 Å². The SMILES string of the molecule is COc1ccc(NC(=O)CSc2ccc(NC(=O)/C(=C\c3c[nH]c4ccccc34)NC(=O)c3ccccc3)cc2)cc1OC. The summed E-state index contributed by atoms with van der Waals surface area (Å²) in [5, 5.41) is 9.40. The van der Waals surface area contributed by atoms with E-state index in [1.54, 1.807) is 74.0 Å². The number of amides is 3. The number of hydrogen-bond acceptors (Lipinski definition) is 6. The van der Waals surface area contributed by atoms with Crippen molar-refractivity contribution in [3.63, 3.8) is 0 Å². The van der Waals surface area contributed by atoms with Gasteiger partial charge in [0, 0.05) is 50.6 Å². The van der Waals surface area contributed by atoms with E-state index in [4.69, 9.17) is 9.47 Å². The Bertz CT molecular complexity index is 1820. The van der Waals surface area contributed by atoms with Crippen LogP contribution in [0.15, 0.2) is 114 Å². The number of anilines is 2. The highest BCUT2D eigenvalue weighted by molar-refractivity contribution is 8.00. The van der Waals surface area contributed by atoms with Crippen molar-refractivity contribution >= 4 is 57.8 Å². The molecule has 5 rings (SSSR count). The van der Waals surface area contributed by atoms with Crippen LogP contribution in [-0.2, 0) is 9.59 Å². The molecule has 10 heteroatoms. The molecule has 0 saturated carbocycles. The largest absolute Gasteiger partial charge is 0.493 e. The average Bonchev–Trinajstić information content (AvgIpc) is 3.47. The van der Waals surface area contributed by atoms with Gasteiger partial charge in [0.15, 0.2) is 11.5 Å². The average molecular weight is 607 g/mol. The van der Waals surface area contributed by atoms with Crippen LogP contribution in [-0.4, -0.2) is 42.7 Å². The van der Waals surface area contributed by atoms with Gasteiger partial charge in [-0.2, -0.15) is 0 Å². The molecule has 1 aromatic heterocycles. The van der Waals surface area contributed by atoms with Crippen LogP contribution in [0.3, 0.4) is 0 Å². The Morgan fingerprint density at radius 2 is 1.50 bits per heavy atom. The minimum atomic E-state index is -0.478. The molecule has 0 atom stereocenters. The Labute approximate surface area is 258 Å². The Kier molecular flexibility index (Phi) is 9.63. The van der Waals surface area contributed by atoms with Crippen molar-refractivity contribution in [3.8, 4) is 11.5 Å². The van der Waals surface area contributed by atoms with Gasteiger partial charge in [-0.25, -0.2) is 0 Å². The second kappa shape index (κ2) is 14.1. The maximum absolute atomic E-state index is 13.4. The standard InChI is InChI=1S/C34H30N4O5S/c1-42-30-17-14-25(19-31(30)43-2)36-32(39)21-44-26-15-12-24(13-16-26)37-34(41)29(38-33(40)22-8-4-3-5-9-22)18-23-20-35-28-11-7-6-10-27(23)28/h3-20,35H,21H2,1-2H3,(H,36,39)(H,37,41)(H,38,40)/b29-18+. The Hall–Kier alpha value is -5.48. The predicted molar refractivity (Wildman–Crippen MR) is 174 cm³/mol. The number of rotatable bonds is 11. The summed E-state index contributed by atoms with van der Waals surface area (Å²) < 4.78 is 10.5. The number of carbonyl (C=O) groups is 3. The van der Waals surface area contributed by atoms with E-state index >= 15 is 0 Å². The Morgan fingerprint density at radius 3 is 2.25 bits per heavy atom. The van der Waals surface area contributed by atoms with Crippen molar-refractivity contribution in [2.75, 3.05) is 30.6 Å². The minimum absolute atomic E-state index is 0.0916. The highest BCUT2D eigenvalue weighted by atomic mass is 32.2. The van der Waals surface area contributed by atoms with Gasteiger partial charge in [0.25, 0.3) is 11.8 Å². The number of hydrogen-bond donors (Lipinski definition) is 4. The molecule has 44 heavy (non-hydrogen) atoms. The normalized spacial score (nSPS) is 11.1. The predicted octanol–water partition coefficient (Wildman–Crippen LogP) is 6.33. The molecular weight excluding hydrogens is 576 g/mol. The summed E-state index contributed by atoms with van der Waals surface area (Å²) in [6.07, 6.45) is 3.44. The first-order valence-corrected chi connectivity index (χ1v) is 14.6. The number of nitrogens with one attached hydrogen (secondary N) is 4. The zero-order chi connectivity index (χ0) is 30.9. The van der Waals surface area contributed by atoms with Crippen molar-refractivity contribution < 1.29 is 23.9 Å². The van der Waals surface area contributed by atoms with Crippen LogP contribution in [0.4, 0.5) is 11.4 Å². The number of benzene rings is 4. The van der Waals surface area contributed by atoms with Crippen LogP contribution in [0.2, 0.25) is 0 Å². The van der Waals surface area contributed by atoms with Crippen molar-refractivity contribution in [2.24, 2.45) is 0 Å². The van der Waals surface area contributed by atoms with E-state index in [9.17, 15) is 14.4 Å². The molecule has 0 fully saturated rings. The summed E-state index contributed by atoms with van der Waals surface area (Å²) in [4.78, 5) is 42.9. The van der Waals surface area contributed by atoms with Crippen LogP contribution >= 0.6 is 11.8 Å². The monoisotopic (exact) mass is 606 g/mol. The van der Waals surface area contributed by atoms with Crippen LogP contribution < -0.4 is 25.4 Å². The lowest BCUT2D eigenvalue weighted by atomic mass is 10.1. The molecule has 222 valence electrons. The summed E-state index contributed by atoms with van der Waals surface area (Å²) in [6.45, 7) is 0. The van der Waals surface area contributed by atoms with E-state index in [2.05, 4.69) is 20.9 Å². The van der Waals surface area contributed by atoms with Crippen LogP contribution in [0.1, 0.15) is 15.9 Å². The summed E-state index contributed by atoms with van der Waals surface area (Å²) in [5.41, 5.74) is 3.33. The van der Waals surface area contributed by atoms with Crippen LogP contribution in [0.25, 0.3) is 17.0 Å². The fourth-order valence-electron chi connectivity index (χ4n) is 4.40. The first kappa shape index (κ1) is 30.0. The molecule has 4 aromatic carbocycles. The molecule has 5 aromatic rings.